The van der Waals surface area contributed by atoms with Gasteiger partial charge in [-0.3, -0.25) is 9.20 Å². The van der Waals surface area contributed by atoms with Crippen LogP contribution >= 0.6 is 24.0 Å². The first-order valence-corrected chi connectivity index (χ1v) is 12.3. The highest BCUT2D eigenvalue weighted by atomic mass is 127. The predicted molar refractivity (Wildman–Crippen MR) is 119 cm³/mol. The lowest BCUT2D eigenvalue weighted by Crippen LogP contribution is -2.47. The summed E-state index contributed by atoms with van der Waals surface area (Å²) in [5, 5.41) is 6.95. The first-order valence-electron chi connectivity index (χ1n) is 9.36. The molecule has 0 aromatic carbocycles. The van der Waals surface area contributed by atoms with E-state index in [1.807, 2.05) is 13.8 Å². The molecular weight excluding hydrogens is 487 g/mol. The Morgan fingerprint density at radius 2 is 2.04 bits per heavy atom. The Morgan fingerprint density at radius 1 is 1.27 bits per heavy atom. The summed E-state index contributed by atoms with van der Waals surface area (Å²) in [6.07, 6.45) is 4.80. The van der Waals surface area contributed by atoms with Crippen molar-refractivity contribution in [3.63, 3.8) is 0 Å². The second-order valence-corrected chi connectivity index (χ2v) is 10.7. The molecule has 3 atom stereocenters. The fraction of sp³-hybridized carbons (Fsp3) is 0.938. The average molecular weight is 521 g/mol. The van der Waals surface area contributed by atoms with Crippen LogP contribution < -0.4 is 10.6 Å². The molecule has 0 radical (unpaired) electrons. The van der Waals surface area contributed by atoms with Gasteiger partial charge in [0.1, 0.15) is 0 Å². The van der Waals surface area contributed by atoms with Crippen LogP contribution in [0.25, 0.3) is 0 Å². The van der Waals surface area contributed by atoms with E-state index in [0.29, 0.717) is 26.1 Å². The monoisotopic (exact) mass is 520 g/mol. The van der Waals surface area contributed by atoms with Gasteiger partial charge >= 0.3 is 0 Å². The van der Waals surface area contributed by atoms with Crippen LogP contribution in [0, 0.1) is 0 Å². The molecule has 0 bridgehead atoms. The van der Waals surface area contributed by atoms with Crippen LogP contribution in [0.3, 0.4) is 0 Å². The largest absolute Gasteiger partial charge is 0.357 e. The molecule has 1 aliphatic carbocycles. The summed E-state index contributed by atoms with van der Waals surface area (Å²) in [5.41, 5.74) is 0. The van der Waals surface area contributed by atoms with Gasteiger partial charge in [0.15, 0.2) is 5.96 Å². The van der Waals surface area contributed by atoms with Gasteiger partial charge in [-0.1, -0.05) is 13.3 Å². The van der Waals surface area contributed by atoms with E-state index < -0.39 is 20.8 Å². The number of guanidine groups is 1. The molecule has 0 aromatic heterocycles. The lowest BCUT2D eigenvalue weighted by atomic mass is 9.95. The summed E-state index contributed by atoms with van der Waals surface area (Å²) in [6, 6.07) is 0.280. The molecule has 2 N–H and O–H groups in total. The molecule has 1 aliphatic heterocycles. The van der Waals surface area contributed by atoms with Gasteiger partial charge in [-0.2, -0.15) is 0 Å². The number of sulfonamides is 1. The standard InChI is InChI=1S/C16H32N4O3S2.HI/c1-3-17-16(18-9-11-20-10-6-12-25(20,22)23)19-14-7-5-8-15(13-14)24(21)4-2;/h14-15H,3-13H2,1-2H3,(H2,17,18,19);1H. The fourth-order valence-corrected chi connectivity index (χ4v) is 6.35. The van der Waals surface area contributed by atoms with Gasteiger partial charge in [-0.25, -0.2) is 12.7 Å². The Hall–Kier alpha value is 0.0600. The van der Waals surface area contributed by atoms with Crippen molar-refractivity contribution in [3.05, 3.63) is 0 Å². The zero-order valence-electron chi connectivity index (χ0n) is 15.8. The van der Waals surface area contributed by atoms with Crippen LogP contribution in [-0.2, 0) is 20.8 Å². The normalized spacial score (nSPS) is 27.5. The molecule has 0 spiro atoms. The summed E-state index contributed by atoms with van der Waals surface area (Å²) in [6.45, 7) is 6.24. The predicted octanol–water partition coefficient (Wildman–Crippen LogP) is 1.27. The van der Waals surface area contributed by atoms with E-state index in [-0.39, 0.29) is 41.0 Å². The van der Waals surface area contributed by atoms with Crippen molar-refractivity contribution < 1.29 is 12.6 Å². The second kappa shape index (κ2) is 11.8. The molecule has 154 valence electrons. The molecule has 0 amide bonds. The van der Waals surface area contributed by atoms with Crippen LogP contribution in [0.15, 0.2) is 4.99 Å². The Balaban J connectivity index is 0.00000338. The first kappa shape index (κ1) is 24.1. The number of nitrogens with one attached hydrogen (secondary N) is 2. The Labute approximate surface area is 177 Å². The summed E-state index contributed by atoms with van der Waals surface area (Å²) in [7, 11) is -3.80. The van der Waals surface area contributed by atoms with Crippen molar-refractivity contribution >= 4 is 50.8 Å². The zero-order chi connectivity index (χ0) is 18.3. The maximum Gasteiger partial charge on any atom is 0.214 e. The highest BCUT2D eigenvalue weighted by Crippen LogP contribution is 2.23. The molecule has 7 nitrogen and oxygen atoms in total. The molecule has 2 rings (SSSR count). The van der Waals surface area contributed by atoms with Crippen molar-refractivity contribution in [2.45, 2.75) is 57.2 Å². The minimum atomic E-state index is -3.05. The molecule has 3 unspecified atom stereocenters. The third-order valence-electron chi connectivity index (χ3n) is 4.79. The van der Waals surface area contributed by atoms with Crippen LogP contribution in [0.2, 0.25) is 0 Å². The number of halogens is 1. The smallest absolute Gasteiger partial charge is 0.214 e. The van der Waals surface area contributed by atoms with E-state index >= 15 is 0 Å². The lowest BCUT2D eigenvalue weighted by molar-refractivity contribution is 0.412. The molecule has 1 saturated heterocycles. The van der Waals surface area contributed by atoms with Gasteiger partial charge in [0.25, 0.3) is 0 Å². The highest BCUT2D eigenvalue weighted by molar-refractivity contribution is 14.0. The van der Waals surface area contributed by atoms with Crippen LogP contribution in [-0.4, -0.2) is 71.9 Å². The Morgan fingerprint density at radius 3 is 2.65 bits per heavy atom. The van der Waals surface area contributed by atoms with E-state index in [1.54, 1.807) is 0 Å². The fourth-order valence-electron chi connectivity index (χ4n) is 3.48. The topological polar surface area (TPSA) is 90.9 Å². The van der Waals surface area contributed by atoms with E-state index in [1.165, 1.54) is 4.31 Å². The van der Waals surface area contributed by atoms with E-state index in [9.17, 15) is 12.6 Å². The van der Waals surface area contributed by atoms with Gasteiger partial charge in [-0.15, -0.1) is 24.0 Å². The van der Waals surface area contributed by atoms with Crippen molar-refractivity contribution in [1.82, 2.24) is 14.9 Å². The summed E-state index contributed by atoms with van der Waals surface area (Å²) in [4.78, 5) is 4.54. The molecule has 2 fully saturated rings. The van der Waals surface area contributed by atoms with Crippen LogP contribution in [0.1, 0.15) is 46.0 Å². The van der Waals surface area contributed by atoms with E-state index in [0.717, 1.165) is 43.9 Å². The van der Waals surface area contributed by atoms with Gasteiger partial charge < -0.3 is 10.6 Å². The van der Waals surface area contributed by atoms with Gasteiger partial charge in [0.05, 0.1) is 12.3 Å². The SMILES string of the molecule is CCNC(=NCCN1CCCS1(=O)=O)NC1CCCC(S(=O)CC)C1.I. The molecular formula is C16H33IN4O3S2. The summed E-state index contributed by atoms with van der Waals surface area (Å²) >= 11 is 0. The Kier molecular flexibility index (Phi) is 10.9. The highest BCUT2D eigenvalue weighted by Gasteiger charge is 2.28. The molecule has 1 heterocycles. The second-order valence-electron chi connectivity index (χ2n) is 6.63. The number of rotatable bonds is 7. The molecule has 0 aromatic rings. The number of hydrogen-bond donors (Lipinski definition) is 2. The van der Waals surface area contributed by atoms with Crippen molar-refractivity contribution in [3.8, 4) is 0 Å². The van der Waals surface area contributed by atoms with Crippen molar-refractivity contribution in [2.75, 3.05) is 37.7 Å². The van der Waals surface area contributed by atoms with Crippen molar-refractivity contribution in [1.29, 1.82) is 0 Å². The van der Waals surface area contributed by atoms with Crippen LogP contribution in [0.5, 0.6) is 0 Å². The zero-order valence-corrected chi connectivity index (χ0v) is 19.7. The molecule has 2 aliphatic rings. The first-order chi connectivity index (χ1) is 12.0. The molecule has 1 saturated carbocycles. The minimum absolute atomic E-state index is 0. The minimum Gasteiger partial charge on any atom is -0.357 e. The quantitative estimate of drug-likeness (QED) is 0.300. The van der Waals surface area contributed by atoms with E-state index in [4.69, 9.17) is 0 Å². The van der Waals surface area contributed by atoms with Crippen LogP contribution in [0.4, 0.5) is 0 Å². The molecule has 10 heteroatoms. The number of nitrogens with zero attached hydrogens (tertiary/aromatic N) is 2. The average Bonchev–Trinajstić information content (AvgIpc) is 2.93. The van der Waals surface area contributed by atoms with Gasteiger partial charge in [0, 0.05) is 47.5 Å². The van der Waals surface area contributed by atoms with Gasteiger partial charge in [-0.05, 0) is 32.6 Å². The lowest BCUT2D eigenvalue weighted by Gasteiger charge is -2.30. The molecule has 26 heavy (non-hydrogen) atoms. The maximum atomic E-state index is 12.1. The summed E-state index contributed by atoms with van der Waals surface area (Å²) < 4.78 is 37.3. The van der Waals surface area contributed by atoms with E-state index in [2.05, 4.69) is 15.6 Å². The summed E-state index contributed by atoms with van der Waals surface area (Å²) in [5.74, 6) is 1.70. The Bertz CT molecular complexity index is 586. The van der Waals surface area contributed by atoms with Crippen molar-refractivity contribution in [2.24, 2.45) is 4.99 Å². The number of hydrogen-bond acceptors (Lipinski definition) is 4. The maximum absolute atomic E-state index is 12.1. The third kappa shape index (κ3) is 7.23. The third-order valence-corrected chi connectivity index (χ3v) is 8.49. The van der Waals surface area contributed by atoms with Gasteiger partial charge in [0.2, 0.25) is 10.0 Å². The number of aliphatic imine (C=N–C) groups is 1.